The Morgan fingerprint density at radius 1 is 1.47 bits per heavy atom. The van der Waals surface area contributed by atoms with E-state index in [1.54, 1.807) is 4.90 Å². The van der Waals surface area contributed by atoms with Gasteiger partial charge in [-0.05, 0) is 6.42 Å². The molecule has 1 aliphatic heterocycles. The van der Waals surface area contributed by atoms with E-state index in [-0.39, 0.29) is 18.4 Å². The van der Waals surface area contributed by atoms with E-state index in [0.717, 1.165) is 0 Å². The first-order chi connectivity index (χ1) is 7.07. The molecule has 0 bridgehead atoms. The third-order valence-electron chi connectivity index (χ3n) is 2.47. The zero-order valence-corrected chi connectivity index (χ0v) is 10.1. The summed E-state index contributed by atoms with van der Waals surface area (Å²) in [6, 6.07) is -0.394. The molecule has 0 aromatic rings. The van der Waals surface area contributed by atoms with E-state index in [9.17, 15) is 9.90 Å². The molecule has 0 radical (unpaired) electrons. The molecule has 90 valence electrons. The molecule has 4 nitrogen and oxygen atoms in total. The Balaban J connectivity index is 0.000000921. The maximum Gasteiger partial charge on any atom is 0.225 e. The van der Waals surface area contributed by atoms with E-state index in [2.05, 4.69) is 0 Å². The molecule has 2 atom stereocenters. The lowest BCUT2D eigenvalue weighted by atomic mass is 10.1. The summed E-state index contributed by atoms with van der Waals surface area (Å²) in [6.07, 6.45) is 0.0108. The number of amides is 1. The summed E-state index contributed by atoms with van der Waals surface area (Å²) in [6.45, 7) is 8.05. The first-order valence-corrected chi connectivity index (χ1v) is 5.67. The zero-order valence-electron chi connectivity index (χ0n) is 10.1. The van der Waals surface area contributed by atoms with Crippen LogP contribution in [0.2, 0.25) is 0 Å². The van der Waals surface area contributed by atoms with Crippen molar-refractivity contribution in [2.24, 2.45) is 5.92 Å². The van der Waals surface area contributed by atoms with Crippen molar-refractivity contribution < 1.29 is 15.0 Å². The van der Waals surface area contributed by atoms with Crippen LogP contribution in [-0.4, -0.2) is 46.3 Å². The van der Waals surface area contributed by atoms with Gasteiger partial charge in [-0.2, -0.15) is 0 Å². The SMILES string of the molecule is CC.CC(C)C(=O)N1CCC(O)C1CO. The number of hydrogen-bond donors (Lipinski definition) is 2. The molecule has 1 fully saturated rings. The Kier molecular flexibility index (Phi) is 6.52. The van der Waals surface area contributed by atoms with Gasteiger partial charge in [-0.1, -0.05) is 27.7 Å². The van der Waals surface area contributed by atoms with Crippen molar-refractivity contribution in [3.05, 3.63) is 0 Å². The van der Waals surface area contributed by atoms with Crippen LogP contribution in [-0.2, 0) is 4.79 Å². The van der Waals surface area contributed by atoms with Crippen molar-refractivity contribution in [2.45, 2.75) is 46.3 Å². The lowest BCUT2D eigenvalue weighted by molar-refractivity contribution is -0.137. The molecule has 0 saturated carbocycles. The highest BCUT2D eigenvalue weighted by Gasteiger charge is 2.35. The molecular formula is C11H23NO3. The fourth-order valence-corrected chi connectivity index (χ4v) is 1.66. The first kappa shape index (κ1) is 14.4. The fourth-order valence-electron chi connectivity index (χ4n) is 1.66. The molecule has 1 saturated heterocycles. The van der Waals surface area contributed by atoms with Gasteiger partial charge in [0.05, 0.1) is 18.8 Å². The number of carbonyl (C=O) groups is 1. The van der Waals surface area contributed by atoms with Crippen LogP contribution in [0.15, 0.2) is 0 Å². The normalized spacial score (nSPS) is 25.1. The Hall–Kier alpha value is -0.610. The third kappa shape index (κ3) is 3.47. The molecule has 1 aliphatic rings. The monoisotopic (exact) mass is 217 g/mol. The second-order valence-corrected chi connectivity index (χ2v) is 3.79. The van der Waals surface area contributed by atoms with Crippen molar-refractivity contribution in [1.29, 1.82) is 0 Å². The van der Waals surface area contributed by atoms with Gasteiger partial charge in [0.2, 0.25) is 5.91 Å². The van der Waals surface area contributed by atoms with Crippen molar-refractivity contribution >= 4 is 5.91 Å². The van der Waals surface area contributed by atoms with Crippen LogP contribution < -0.4 is 0 Å². The lowest BCUT2D eigenvalue weighted by Gasteiger charge is -2.26. The predicted molar refractivity (Wildman–Crippen MR) is 59.4 cm³/mol. The number of rotatable bonds is 2. The van der Waals surface area contributed by atoms with Gasteiger partial charge in [-0.25, -0.2) is 0 Å². The summed E-state index contributed by atoms with van der Waals surface area (Å²) >= 11 is 0. The Morgan fingerprint density at radius 2 is 2.00 bits per heavy atom. The van der Waals surface area contributed by atoms with Crippen LogP contribution in [0.1, 0.15) is 34.1 Å². The molecule has 2 unspecified atom stereocenters. The van der Waals surface area contributed by atoms with E-state index in [1.807, 2.05) is 27.7 Å². The topological polar surface area (TPSA) is 60.8 Å². The van der Waals surface area contributed by atoms with Crippen LogP contribution in [0.5, 0.6) is 0 Å². The fraction of sp³-hybridized carbons (Fsp3) is 0.909. The van der Waals surface area contributed by atoms with E-state index in [4.69, 9.17) is 5.11 Å². The van der Waals surface area contributed by atoms with Crippen LogP contribution in [0.3, 0.4) is 0 Å². The number of aliphatic hydroxyl groups is 2. The average Bonchev–Trinajstić information content (AvgIpc) is 2.61. The minimum absolute atomic E-state index is 0.00981. The smallest absolute Gasteiger partial charge is 0.225 e. The number of nitrogens with zero attached hydrogens (tertiary/aromatic N) is 1. The molecule has 1 rings (SSSR count). The van der Waals surface area contributed by atoms with Crippen molar-refractivity contribution in [2.75, 3.05) is 13.2 Å². The van der Waals surface area contributed by atoms with Gasteiger partial charge in [0.15, 0.2) is 0 Å². The number of carbonyl (C=O) groups excluding carboxylic acids is 1. The van der Waals surface area contributed by atoms with Gasteiger partial charge < -0.3 is 15.1 Å². The summed E-state index contributed by atoms with van der Waals surface area (Å²) in [4.78, 5) is 13.1. The van der Waals surface area contributed by atoms with Crippen molar-refractivity contribution in [3.8, 4) is 0 Å². The number of aliphatic hydroxyl groups excluding tert-OH is 2. The van der Waals surface area contributed by atoms with Crippen molar-refractivity contribution in [1.82, 2.24) is 4.90 Å². The molecule has 0 aromatic heterocycles. The van der Waals surface area contributed by atoms with Crippen LogP contribution in [0.25, 0.3) is 0 Å². The summed E-state index contributed by atoms with van der Waals surface area (Å²) in [5.74, 6) is -0.0602. The predicted octanol–water partition coefficient (Wildman–Crippen LogP) is 0.623. The molecule has 0 aliphatic carbocycles. The molecule has 4 heteroatoms. The van der Waals surface area contributed by atoms with Crippen molar-refractivity contribution in [3.63, 3.8) is 0 Å². The summed E-state index contributed by atoms with van der Waals surface area (Å²) in [7, 11) is 0. The Labute approximate surface area is 91.9 Å². The average molecular weight is 217 g/mol. The second-order valence-electron chi connectivity index (χ2n) is 3.79. The number of likely N-dealkylation sites (tertiary alicyclic amines) is 1. The minimum Gasteiger partial charge on any atom is -0.394 e. The zero-order chi connectivity index (χ0) is 12.0. The molecule has 15 heavy (non-hydrogen) atoms. The Bertz CT molecular complexity index is 194. The maximum absolute atomic E-state index is 11.6. The molecular weight excluding hydrogens is 194 g/mol. The van der Waals surface area contributed by atoms with Gasteiger partial charge in [-0.3, -0.25) is 4.79 Å². The minimum atomic E-state index is -0.562. The first-order valence-electron chi connectivity index (χ1n) is 5.67. The van der Waals surface area contributed by atoms with Crippen LogP contribution in [0.4, 0.5) is 0 Å². The van der Waals surface area contributed by atoms with E-state index in [1.165, 1.54) is 0 Å². The number of hydrogen-bond acceptors (Lipinski definition) is 3. The highest BCUT2D eigenvalue weighted by atomic mass is 16.3. The molecule has 1 heterocycles. The van der Waals surface area contributed by atoms with E-state index in [0.29, 0.717) is 13.0 Å². The van der Waals surface area contributed by atoms with E-state index < -0.39 is 12.1 Å². The quantitative estimate of drug-likeness (QED) is 0.713. The Morgan fingerprint density at radius 3 is 2.40 bits per heavy atom. The standard InChI is InChI=1S/C9H17NO3.C2H6/c1-6(2)9(13)10-4-3-8(12)7(10)5-11;1-2/h6-8,11-12H,3-5H2,1-2H3;1-2H3. The van der Waals surface area contributed by atoms with Crippen LogP contribution in [0, 0.1) is 5.92 Å². The van der Waals surface area contributed by atoms with Crippen LogP contribution >= 0.6 is 0 Å². The molecule has 2 N–H and O–H groups in total. The van der Waals surface area contributed by atoms with Gasteiger partial charge in [0.25, 0.3) is 0 Å². The summed E-state index contributed by atoms with van der Waals surface area (Å²) in [5.41, 5.74) is 0. The highest BCUT2D eigenvalue weighted by molar-refractivity contribution is 5.78. The largest absolute Gasteiger partial charge is 0.394 e. The van der Waals surface area contributed by atoms with Gasteiger partial charge in [-0.15, -0.1) is 0 Å². The molecule has 0 spiro atoms. The van der Waals surface area contributed by atoms with Gasteiger partial charge in [0, 0.05) is 12.5 Å². The second kappa shape index (κ2) is 6.80. The third-order valence-corrected chi connectivity index (χ3v) is 2.47. The van der Waals surface area contributed by atoms with Gasteiger partial charge in [0.1, 0.15) is 0 Å². The lowest BCUT2D eigenvalue weighted by Crippen LogP contribution is -2.43. The van der Waals surface area contributed by atoms with Gasteiger partial charge >= 0.3 is 0 Å². The molecule has 0 aromatic carbocycles. The summed E-state index contributed by atoms with van der Waals surface area (Å²) in [5, 5.41) is 18.4. The summed E-state index contributed by atoms with van der Waals surface area (Å²) < 4.78 is 0. The molecule has 1 amide bonds. The van der Waals surface area contributed by atoms with E-state index >= 15 is 0 Å². The highest BCUT2D eigenvalue weighted by Crippen LogP contribution is 2.19. The maximum atomic E-state index is 11.6.